The lowest BCUT2D eigenvalue weighted by Crippen LogP contribution is -2.49. The van der Waals surface area contributed by atoms with Gasteiger partial charge in [0, 0.05) is 28.6 Å². The van der Waals surface area contributed by atoms with E-state index >= 15 is 0 Å². The predicted octanol–water partition coefficient (Wildman–Crippen LogP) is 3.94. The van der Waals surface area contributed by atoms with Gasteiger partial charge >= 0.3 is 7.48 Å². The van der Waals surface area contributed by atoms with Crippen LogP contribution in [-0.4, -0.2) is 28.8 Å². The molecule has 4 aromatic rings. The molecule has 0 amide bonds. The van der Waals surface area contributed by atoms with E-state index in [1.54, 1.807) is 27.5 Å². The Morgan fingerprint density at radius 1 is 1.04 bits per heavy atom. The van der Waals surface area contributed by atoms with Crippen molar-refractivity contribution in [3.63, 3.8) is 0 Å². The second kappa shape index (κ2) is 5.83. The monoisotopic (exact) mass is 346 g/mol. The largest absolute Gasteiger partial charge is 0.457 e. The molecule has 0 aliphatic heterocycles. The maximum Gasteiger partial charge on any atom is 0.334 e. The van der Waals surface area contributed by atoms with Gasteiger partial charge in [-0.25, -0.2) is 0 Å². The van der Waals surface area contributed by atoms with Gasteiger partial charge in [0.15, 0.2) is 0 Å². The molecule has 2 aromatic heterocycles. The topological polar surface area (TPSA) is 55.5 Å². The molecule has 131 valence electrons. The van der Waals surface area contributed by atoms with Gasteiger partial charge in [0.25, 0.3) is 0 Å². The van der Waals surface area contributed by atoms with Crippen molar-refractivity contribution in [3.05, 3.63) is 48.8 Å². The van der Waals surface area contributed by atoms with Crippen molar-refractivity contribution < 1.29 is 14.2 Å². The van der Waals surface area contributed by atoms with Crippen molar-refractivity contribution in [2.45, 2.75) is 38.9 Å². The van der Waals surface area contributed by atoms with Crippen LogP contribution in [0.5, 0.6) is 0 Å². The molecule has 4 rings (SSSR count). The van der Waals surface area contributed by atoms with Gasteiger partial charge in [-0.3, -0.25) is 4.98 Å². The molecule has 2 heterocycles. The summed E-state index contributed by atoms with van der Waals surface area (Å²) in [5.41, 5.74) is 0.742. The summed E-state index contributed by atoms with van der Waals surface area (Å²) < 4.78 is 12.1. The van der Waals surface area contributed by atoms with Crippen LogP contribution in [0, 0.1) is 0 Å². The molecule has 26 heavy (non-hydrogen) atoms. The number of benzene rings is 2. The average molecular weight is 346 g/mol. The summed E-state index contributed by atoms with van der Waals surface area (Å²) in [6.45, 7) is 7.21. The average Bonchev–Trinajstić information content (AvgIpc) is 2.98. The van der Waals surface area contributed by atoms with Crippen LogP contribution in [0.25, 0.3) is 32.7 Å². The highest BCUT2D eigenvalue weighted by atomic mass is 16.5. The van der Waals surface area contributed by atoms with E-state index in [2.05, 4.69) is 11.1 Å². The number of aliphatic hydroxyl groups is 1. The number of pyridine rings is 1. The zero-order chi connectivity index (χ0) is 18.5. The third-order valence-corrected chi connectivity index (χ3v) is 5.26. The van der Waals surface area contributed by atoms with Crippen LogP contribution in [0.3, 0.4) is 0 Å². The van der Waals surface area contributed by atoms with E-state index in [0.717, 1.165) is 38.2 Å². The lowest BCUT2D eigenvalue weighted by atomic mass is 9.82. The molecule has 1 N–H and O–H groups in total. The fourth-order valence-electron chi connectivity index (χ4n) is 2.93. The minimum absolute atomic E-state index is 0.737. The van der Waals surface area contributed by atoms with E-state index in [4.69, 9.17) is 9.07 Å². The molecule has 0 aliphatic carbocycles. The number of hydrogen-bond acceptors (Lipinski definition) is 4. The number of para-hydroxylation sites is 1. The van der Waals surface area contributed by atoms with E-state index in [-0.39, 0.29) is 0 Å². The smallest absolute Gasteiger partial charge is 0.334 e. The van der Waals surface area contributed by atoms with Crippen LogP contribution in [0.1, 0.15) is 27.7 Å². The number of furan rings is 1. The number of hydrogen-bond donors (Lipinski definition) is 1. The van der Waals surface area contributed by atoms with Gasteiger partial charge in [0.2, 0.25) is 0 Å². The molecule has 0 spiro atoms. The Hall–Kier alpha value is -2.37. The normalized spacial score (nSPS) is 13.0. The third-order valence-electron chi connectivity index (χ3n) is 5.26. The first kappa shape index (κ1) is 17.1. The molecule has 0 fully saturated rings. The van der Waals surface area contributed by atoms with Gasteiger partial charge in [-0.05, 0) is 56.7 Å². The lowest BCUT2D eigenvalue weighted by molar-refractivity contribution is -0.0893. The first-order valence-corrected chi connectivity index (χ1v) is 8.69. The molecule has 0 aliphatic rings. The van der Waals surface area contributed by atoms with Gasteiger partial charge in [-0.15, -0.1) is 0 Å². The van der Waals surface area contributed by atoms with Gasteiger partial charge in [0.1, 0.15) is 11.2 Å². The number of aromatic nitrogens is 1. The molecule has 0 saturated heterocycles. The Bertz CT molecular complexity index is 1110. The molecule has 5 heteroatoms. The summed E-state index contributed by atoms with van der Waals surface area (Å²) in [5, 5.41) is 14.6. The minimum atomic E-state index is -0.978. The van der Waals surface area contributed by atoms with E-state index in [0.29, 0.717) is 0 Å². The number of fused-ring (bicyclic) bond motifs is 5. The first-order valence-electron chi connectivity index (χ1n) is 8.69. The summed E-state index contributed by atoms with van der Waals surface area (Å²) in [7, 11) is 1.67. The van der Waals surface area contributed by atoms with Crippen LogP contribution in [-0.2, 0) is 4.65 Å². The molecule has 0 saturated carbocycles. The predicted molar refractivity (Wildman–Crippen MR) is 106 cm³/mol. The highest BCUT2D eigenvalue weighted by Crippen LogP contribution is 2.33. The summed E-state index contributed by atoms with van der Waals surface area (Å²) in [6, 6.07) is 12.0. The van der Waals surface area contributed by atoms with Crippen LogP contribution in [0.15, 0.2) is 53.2 Å². The van der Waals surface area contributed by atoms with Gasteiger partial charge < -0.3 is 14.2 Å². The zero-order valence-electron chi connectivity index (χ0n) is 15.4. The Kier molecular flexibility index (Phi) is 3.83. The van der Waals surface area contributed by atoms with Crippen molar-refractivity contribution in [3.8, 4) is 0 Å². The lowest BCUT2D eigenvalue weighted by Gasteiger charge is -2.37. The summed E-state index contributed by atoms with van der Waals surface area (Å²) in [5.74, 6) is 0. The van der Waals surface area contributed by atoms with E-state index in [1.807, 2.05) is 50.4 Å². The standard InChI is InChI=1S/C21H21BNO3/c1-20(2,24)21(3,4)26-22-16-7-5-6-15-18-14-10-11-23-12-13(14)8-9-17(18)25-19(15)16/h5-12,24H,1-4H3. The summed E-state index contributed by atoms with van der Waals surface area (Å²) in [6.07, 6.45) is 3.66. The molecule has 2 aromatic carbocycles. The third kappa shape index (κ3) is 2.68. The highest BCUT2D eigenvalue weighted by Gasteiger charge is 2.36. The van der Waals surface area contributed by atoms with Crippen LogP contribution < -0.4 is 5.46 Å². The van der Waals surface area contributed by atoms with Crippen LogP contribution >= 0.6 is 0 Å². The Morgan fingerprint density at radius 3 is 2.62 bits per heavy atom. The minimum Gasteiger partial charge on any atom is -0.457 e. The van der Waals surface area contributed by atoms with Crippen molar-refractivity contribution in [2.75, 3.05) is 0 Å². The molecule has 4 nitrogen and oxygen atoms in total. The Labute approximate surface area is 153 Å². The maximum atomic E-state index is 10.3. The van der Waals surface area contributed by atoms with Gasteiger partial charge in [-0.2, -0.15) is 0 Å². The Balaban J connectivity index is 1.84. The fourth-order valence-corrected chi connectivity index (χ4v) is 2.93. The van der Waals surface area contributed by atoms with E-state index in [1.165, 1.54) is 0 Å². The highest BCUT2D eigenvalue weighted by molar-refractivity contribution is 6.51. The van der Waals surface area contributed by atoms with E-state index in [9.17, 15) is 5.11 Å². The number of rotatable bonds is 4. The zero-order valence-corrected chi connectivity index (χ0v) is 15.4. The van der Waals surface area contributed by atoms with Crippen LogP contribution in [0.4, 0.5) is 0 Å². The second-order valence-corrected chi connectivity index (χ2v) is 7.67. The second-order valence-electron chi connectivity index (χ2n) is 7.67. The van der Waals surface area contributed by atoms with Crippen molar-refractivity contribution in [1.82, 2.24) is 4.98 Å². The molecule has 0 atom stereocenters. The molecular weight excluding hydrogens is 325 g/mol. The van der Waals surface area contributed by atoms with Crippen molar-refractivity contribution in [2.24, 2.45) is 0 Å². The van der Waals surface area contributed by atoms with Crippen molar-refractivity contribution >= 4 is 45.7 Å². The molecule has 1 radical (unpaired) electrons. The van der Waals surface area contributed by atoms with Gasteiger partial charge in [-0.1, -0.05) is 18.2 Å². The van der Waals surface area contributed by atoms with E-state index < -0.39 is 11.2 Å². The first-order chi connectivity index (χ1) is 12.3. The van der Waals surface area contributed by atoms with Gasteiger partial charge in [0.05, 0.1) is 11.2 Å². The molecular formula is C21H21BNO3. The Morgan fingerprint density at radius 2 is 1.85 bits per heavy atom. The molecule has 0 unspecified atom stereocenters. The molecule has 0 bridgehead atoms. The summed E-state index contributed by atoms with van der Waals surface area (Å²) >= 11 is 0. The maximum absolute atomic E-state index is 10.3. The quantitative estimate of drug-likeness (QED) is 0.569. The number of nitrogens with zero attached hydrogens (tertiary/aromatic N) is 1. The SMILES string of the molecule is CC(C)(O)C(C)(C)O[B]c1cccc2c1oc1ccc3cnccc3c12. The van der Waals surface area contributed by atoms with Crippen molar-refractivity contribution in [1.29, 1.82) is 0 Å². The van der Waals surface area contributed by atoms with Crippen LogP contribution in [0.2, 0.25) is 0 Å². The fraction of sp³-hybridized carbons (Fsp3) is 0.286. The summed E-state index contributed by atoms with van der Waals surface area (Å²) in [4.78, 5) is 4.20.